The maximum absolute atomic E-state index is 14.3. The predicted molar refractivity (Wildman–Crippen MR) is 88.6 cm³/mol. The van der Waals surface area contributed by atoms with Crippen molar-refractivity contribution in [3.8, 4) is 0 Å². The molecule has 0 amide bonds. The minimum atomic E-state index is -0.322. The van der Waals surface area contributed by atoms with Crippen LogP contribution in [0.25, 0.3) is 0 Å². The van der Waals surface area contributed by atoms with Crippen LogP contribution in [0.3, 0.4) is 0 Å². The lowest BCUT2D eigenvalue weighted by molar-refractivity contribution is 0.618. The van der Waals surface area contributed by atoms with Crippen molar-refractivity contribution in [2.24, 2.45) is 5.73 Å². The third-order valence-electron chi connectivity index (χ3n) is 3.44. The second-order valence-corrected chi connectivity index (χ2v) is 6.92. The first kappa shape index (κ1) is 15.1. The van der Waals surface area contributed by atoms with Crippen molar-refractivity contribution in [2.45, 2.75) is 30.6 Å². The molecule has 2 rings (SSSR count). The minimum Gasteiger partial charge on any atom is -0.389 e. The largest absolute Gasteiger partial charge is 0.389 e. The van der Waals surface area contributed by atoms with Gasteiger partial charge in [-0.15, -0.1) is 0 Å². The van der Waals surface area contributed by atoms with E-state index in [1.54, 1.807) is 12.1 Å². The zero-order valence-electron chi connectivity index (χ0n) is 10.6. The Morgan fingerprint density at radius 1 is 1.53 bits per heavy atom. The van der Waals surface area contributed by atoms with Gasteiger partial charge in [0.1, 0.15) is 4.99 Å². The molecule has 0 bridgehead atoms. The number of rotatable bonds is 4. The fourth-order valence-corrected chi connectivity index (χ4v) is 4.22. The van der Waals surface area contributed by atoms with Crippen molar-refractivity contribution in [1.29, 1.82) is 0 Å². The van der Waals surface area contributed by atoms with Crippen molar-refractivity contribution in [3.63, 3.8) is 0 Å². The summed E-state index contributed by atoms with van der Waals surface area (Å²) >= 11 is 9.96. The summed E-state index contributed by atoms with van der Waals surface area (Å²) < 4.78 is 14.6. The van der Waals surface area contributed by atoms with Crippen molar-refractivity contribution in [1.82, 2.24) is 0 Å². The van der Waals surface area contributed by atoms with E-state index in [0.29, 0.717) is 27.0 Å². The molecule has 19 heavy (non-hydrogen) atoms. The van der Waals surface area contributed by atoms with E-state index in [2.05, 4.69) is 27.5 Å². The Morgan fingerprint density at radius 2 is 2.26 bits per heavy atom. The van der Waals surface area contributed by atoms with E-state index in [0.717, 1.165) is 6.42 Å². The number of nitrogens with two attached hydrogens (primary N) is 1. The normalized spacial score (nSPS) is 22.5. The zero-order chi connectivity index (χ0) is 14.0. The second-order valence-electron chi connectivity index (χ2n) is 4.61. The Morgan fingerprint density at radius 3 is 2.89 bits per heavy atom. The molecular weight excluding hydrogens is 347 g/mol. The third kappa shape index (κ3) is 3.23. The number of hydrogen-bond donors (Lipinski definition) is 2. The van der Waals surface area contributed by atoms with Gasteiger partial charge in [0.2, 0.25) is 0 Å². The number of benzene rings is 1. The lowest BCUT2D eigenvalue weighted by Gasteiger charge is -2.21. The summed E-state index contributed by atoms with van der Waals surface area (Å²) in [6.07, 6.45) is 5.57. The Bertz CT molecular complexity index is 496. The van der Waals surface area contributed by atoms with Gasteiger partial charge >= 0.3 is 0 Å². The lowest BCUT2D eigenvalue weighted by atomic mass is 10.1. The van der Waals surface area contributed by atoms with Crippen LogP contribution in [0, 0.1) is 5.82 Å². The number of thiocarbonyl (C=S) groups is 1. The number of halogens is 2. The van der Waals surface area contributed by atoms with Crippen molar-refractivity contribution >= 4 is 50.6 Å². The fraction of sp³-hybridized carbons (Fsp3) is 0.462. The molecule has 6 heteroatoms. The van der Waals surface area contributed by atoms with Crippen molar-refractivity contribution in [3.05, 3.63) is 28.0 Å². The summed E-state index contributed by atoms with van der Waals surface area (Å²) in [5, 5.41) is 3.86. The van der Waals surface area contributed by atoms with Gasteiger partial charge in [-0.1, -0.05) is 18.6 Å². The standard InChI is InChI=1S/C13H16BrFN2S2/c1-19-10-4-2-3-8(10)17-9-6-5-7(13(16)18)11(14)12(9)15/h5-6,8,10,17H,2-4H2,1H3,(H2,16,18). The third-order valence-corrected chi connectivity index (χ3v) is 5.61. The van der Waals surface area contributed by atoms with E-state index in [4.69, 9.17) is 18.0 Å². The van der Waals surface area contributed by atoms with Gasteiger partial charge in [0, 0.05) is 16.9 Å². The molecule has 104 valence electrons. The van der Waals surface area contributed by atoms with E-state index in [1.165, 1.54) is 12.8 Å². The summed E-state index contributed by atoms with van der Waals surface area (Å²) in [6, 6.07) is 3.79. The molecule has 0 aromatic heterocycles. The van der Waals surface area contributed by atoms with Crippen LogP contribution in [0.4, 0.5) is 10.1 Å². The molecule has 1 aliphatic carbocycles. The van der Waals surface area contributed by atoms with E-state index in [-0.39, 0.29) is 10.8 Å². The predicted octanol–water partition coefficient (Wildman–Crippen LogP) is 3.92. The number of hydrogen-bond acceptors (Lipinski definition) is 3. The van der Waals surface area contributed by atoms with Crippen LogP contribution >= 0.6 is 39.9 Å². The van der Waals surface area contributed by atoms with Crippen LogP contribution in [-0.4, -0.2) is 22.5 Å². The van der Waals surface area contributed by atoms with Gasteiger partial charge in [-0.05, 0) is 47.2 Å². The van der Waals surface area contributed by atoms with Gasteiger partial charge in [0.05, 0.1) is 10.2 Å². The molecule has 2 unspecified atom stereocenters. The van der Waals surface area contributed by atoms with Crippen LogP contribution in [0.2, 0.25) is 0 Å². The van der Waals surface area contributed by atoms with Gasteiger partial charge < -0.3 is 11.1 Å². The van der Waals surface area contributed by atoms with Gasteiger partial charge in [-0.2, -0.15) is 11.8 Å². The molecular formula is C13H16BrFN2S2. The number of thioether (sulfide) groups is 1. The first-order valence-electron chi connectivity index (χ1n) is 6.11. The van der Waals surface area contributed by atoms with E-state index in [1.807, 2.05) is 11.8 Å². The molecule has 1 aromatic rings. The van der Waals surface area contributed by atoms with Crippen LogP contribution in [0.1, 0.15) is 24.8 Å². The molecule has 2 atom stereocenters. The van der Waals surface area contributed by atoms with Crippen LogP contribution in [0.5, 0.6) is 0 Å². The van der Waals surface area contributed by atoms with E-state index < -0.39 is 0 Å². The highest BCUT2D eigenvalue weighted by Gasteiger charge is 2.27. The Balaban J connectivity index is 2.22. The van der Waals surface area contributed by atoms with E-state index >= 15 is 0 Å². The highest BCUT2D eigenvalue weighted by Crippen LogP contribution is 2.33. The molecule has 0 aliphatic heterocycles. The minimum absolute atomic E-state index is 0.195. The fourth-order valence-electron chi connectivity index (χ4n) is 2.42. The summed E-state index contributed by atoms with van der Waals surface area (Å²) in [7, 11) is 0. The SMILES string of the molecule is CSC1CCCC1Nc1ccc(C(N)=S)c(Br)c1F. The lowest BCUT2D eigenvalue weighted by Crippen LogP contribution is -2.26. The van der Waals surface area contributed by atoms with Crippen molar-refractivity contribution < 1.29 is 4.39 Å². The van der Waals surface area contributed by atoms with Crippen LogP contribution in [-0.2, 0) is 0 Å². The Labute approximate surface area is 130 Å². The van der Waals surface area contributed by atoms with Gasteiger partial charge in [0.25, 0.3) is 0 Å². The van der Waals surface area contributed by atoms with Crippen LogP contribution in [0.15, 0.2) is 16.6 Å². The molecule has 1 saturated carbocycles. The number of anilines is 1. The number of nitrogens with one attached hydrogen (secondary N) is 1. The summed E-state index contributed by atoms with van der Waals surface area (Å²) in [5.74, 6) is -0.322. The summed E-state index contributed by atoms with van der Waals surface area (Å²) in [6.45, 7) is 0. The zero-order valence-corrected chi connectivity index (χ0v) is 13.8. The summed E-state index contributed by atoms with van der Waals surface area (Å²) in [4.78, 5) is 0.195. The van der Waals surface area contributed by atoms with E-state index in [9.17, 15) is 4.39 Å². The second kappa shape index (κ2) is 6.41. The molecule has 2 nitrogen and oxygen atoms in total. The first-order chi connectivity index (χ1) is 9.04. The maximum atomic E-state index is 14.3. The van der Waals surface area contributed by atoms with Crippen molar-refractivity contribution in [2.75, 3.05) is 11.6 Å². The Hall–Kier alpha value is -0.330. The van der Waals surface area contributed by atoms with Gasteiger partial charge in [0.15, 0.2) is 5.82 Å². The average Bonchev–Trinajstić information content (AvgIpc) is 2.82. The molecule has 0 spiro atoms. The highest BCUT2D eigenvalue weighted by atomic mass is 79.9. The molecule has 3 N–H and O–H groups in total. The average molecular weight is 363 g/mol. The molecule has 1 aliphatic rings. The Kier molecular flexibility index (Phi) is 5.09. The quantitative estimate of drug-likeness (QED) is 0.796. The van der Waals surface area contributed by atoms with Gasteiger partial charge in [-0.25, -0.2) is 4.39 Å². The topological polar surface area (TPSA) is 38.0 Å². The van der Waals surface area contributed by atoms with Gasteiger partial charge in [-0.3, -0.25) is 0 Å². The summed E-state index contributed by atoms with van der Waals surface area (Å²) in [5.41, 5.74) is 6.60. The molecule has 0 saturated heterocycles. The molecule has 1 fully saturated rings. The first-order valence-corrected chi connectivity index (χ1v) is 8.60. The van der Waals surface area contributed by atoms with Crippen LogP contribution < -0.4 is 11.1 Å². The smallest absolute Gasteiger partial charge is 0.161 e. The highest BCUT2D eigenvalue weighted by molar-refractivity contribution is 9.10. The monoisotopic (exact) mass is 362 g/mol. The maximum Gasteiger partial charge on any atom is 0.161 e. The molecule has 0 heterocycles. The molecule has 1 aromatic carbocycles. The molecule has 0 radical (unpaired) electrons.